The van der Waals surface area contributed by atoms with Gasteiger partial charge in [0, 0.05) is 27.6 Å². The van der Waals surface area contributed by atoms with E-state index in [0.717, 1.165) is 15.8 Å². The molecule has 1 N–H and O–H groups in total. The zero-order valence-corrected chi connectivity index (χ0v) is 12.5. The van der Waals surface area contributed by atoms with Crippen LogP contribution in [0.1, 0.15) is 4.88 Å². The van der Waals surface area contributed by atoms with Crippen molar-refractivity contribution in [2.45, 2.75) is 0 Å². The Morgan fingerprint density at radius 3 is 3.00 bits per heavy atom. The molecule has 1 amide bonds. The topological polar surface area (TPSA) is 42.0 Å². The fourth-order valence-corrected chi connectivity index (χ4v) is 2.74. The molecule has 0 fully saturated rings. The first kappa shape index (κ1) is 13.8. The lowest BCUT2D eigenvalue weighted by atomic mass is 10.2. The van der Waals surface area contributed by atoms with Gasteiger partial charge in [-0.2, -0.15) is 0 Å². The standard InChI is InChI=1S/C16H11ClN2OS/c17-11-3-5-14-13(10-11)15(7-8-18-14)19-16(20)6-4-12-2-1-9-21-12/h1-10H,(H,18,19,20)/b6-4+. The molecule has 3 aromatic rings. The summed E-state index contributed by atoms with van der Waals surface area (Å²) in [5.41, 5.74) is 1.49. The van der Waals surface area contributed by atoms with Crippen LogP contribution >= 0.6 is 22.9 Å². The molecular weight excluding hydrogens is 304 g/mol. The third-order valence-electron chi connectivity index (χ3n) is 2.90. The number of nitrogens with one attached hydrogen (secondary N) is 1. The van der Waals surface area contributed by atoms with Crippen LogP contribution in [0.3, 0.4) is 0 Å². The van der Waals surface area contributed by atoms with Gasteiger partial charge in [-0.05, 0) is 41.8 Å². The van der Waals surface area contributed by atoms with Crippen molar-refractivity contribution in [3.8, 4) is 0 Å². The molecule has 21 heavy (non-hydrogen) atoms. The summed E-state index contributed by atoms with van der Waals surface area (Å²) in [6.07, 6.45) is 4.97. The zero-order chi connectivity index (χ0) is 14.7. The predicted molar refractivity (Wildman–Crippen MR) is 88.7 cm³/mol. The van der Waals surface area contributed by atoms with Gasteiger partial charge in [-0.15, -0.1) is 11.3 Å². The lowest BCUT2D eigenvalue weighted by Crippen LogP contribution is -2.08. The van der Waals surface area contributed by atoms with Crippen LogP contribution < -0.4 is 5.32 Å². The molecule has 0 saturated carbocycles. The summed E-state index contributed by atoms with van der Waals surface area (Å²) in [4.78, 5) is 17.3. The van der Waals surface area contributed by atoms with Crippen LogP contribution in [0.4, 0.5) is 5.69 Å². The number of hydrogen-bond acceptors (Lipinski definition) is 3. The van der Waals surface area contributed by atoms with E-state index in [1.165, 1.54) is 6.08 Å². The third kappa shape index (κ3) is 3.29. The maximum absolute atomic E-state index is 12.0. The fourth-order valence-electron chi connectivity index (χ4n) is 1.95. The SMILES string of the molecule is O=C(/C=C/c1cccs1)Nc1ccnc2ccc(Cl)cc12. The second kappa shape index (κ2) is 6.08. The molecular formula is C16H11ClN2OS. The molecule has 0 unspecified atom stereocenters. The Morgan fingerprint density at radius 1 is 1.29 bits per heavy atom. The first-order valence-electron chi connectivity index (χ1n) is 6.29. The second-order valence-electron chi connectivity index (χ2n) is 4.36. The van der Waals surface area contributed by atoms with E-state index < -0.39 is 0 Å². The monoisotopic (exact) mass is 314 g/mol. The molecule has 2 aromatic heterocycles. The average Bonchev–Trinajstić information content (AvgIpc) is 2.99. The predicted octanol–water partition coefficient (Wildman–Crippen LogP) is 4.60. The molecule has 0 saturated heterocycles. The highest BCUT2D eigenvalue weighted by Crippen LogP contribution is 2.24. The van der Waals surface area contributed by atoms with Crippen LogP contribution in [0, 0.1) is 0 Å². The molecule has 1 aromatic carbocycles. The first-order chi connectivity index (χ1) is 10.2. The number of benzene rings is 1. The van der Waals surface area contributed by atoms with Gasteiger partial charge in [0.1, 0.15) is 0 Å². The quantitative estimate of drug-likeness (QED) is 0.718. The molecule has 3 rings (SSSR count). The van der Waals surface area contributed by atoms with E-state index in [1.54, 1.807) is 41.8 Å². The Morgan fingerprint density at radius 2 is 2.19 bits per heavy atom. The minimum absolute atomic E-state index is 0.184. The van der Waals surface area contributed by atoms with E-state index >= 15 is 0 Å². The molecule has 0 spiro atoms. The maximum atomic E-state index is 12.0. The number of aromatic nitrogens is 1. The largest absolute Gasteiger partial charge is 0.322 e. The lowest BCUT2D eigenvalue weighted by Gasteiger charge is -2.06. The third-order valence-corrected chi connectivity index (χ3v) is 3.98. The molecule has 0 aliphatic carbocycles. The van der Waals surface area contributed by atoms with Crippen LogP contribution in [0.25, 0.3) is 17.0 Å². The van der Waals surface area contributed by atoms with Crippen molar-refractivity contribution >= 4 is 51.5 Å². The zero-order valence-electron chi connectivity index (χ0n) is 10.9. The number of anilines is 1. The molecule has 0 aliphatic heterocycles. The van der Waals surface area contributed by atoms with Crippen molar-refractivity contribution in [1.82, 2.24) is 4.98 Å². The lowest BCUT2D eigenvalue weighted by molar-refractivity contribution is -0.111. The summed E-state index contributed by atoms with van der Waals surface area (Å²) in [5.74, 6) is -0.184. The minimum atomic E-state index is -0.184. The van der Waals surface area contributed by atoms with E-state index in [1.807, 2.05) is 23.6 Å². The van der Waals surface area contributed by atoms with Crippen LogP contribution in [0.2, 0.25) is 5.02 Å². The number of halogens is 1. The molecule has 0 radical (unpaired) electrons. The number of amides is 1. The van der Waals surface area contributed by atoms with Gasteiger partial charge in [0.15, 0.2) is 0 Å². The molecule has 0 aliphatic rings. The molecule has 3 nitrogen and oxygen atoms in total. The summed E-state index contributed by atoms with van der Waals surface area (Å²) in [6, 6.07) is 11.1. The van der Waals surface area contributed by atoms with Crippen molar-refractivity contribution < 1.29 is 4.79 Å². The van der Waals surface area contributed by atoms with Crippen molar-refractivity contribution in [3.63, 3.8) is 0 Å². The molecule has 104 valence electrons. The number of carbonyl (C=O) groups excluding carboxylic acids is 1. The van der Waals surface area contributed by atoms with Gasteiger partial charge in [0.2, 0.25) is 5.91 Å². The number of thiophene rings is 1. The summed E-state index contributed by atoms with van der Waals surface area (Å²) in [6.45, 7) is 0. The van der Waals surface area contributed by atoms with Crippen LogP contribution in [0.5, 0.6) is 0 Å². The Balaban J connectivity index is 1.84. The van der Waals surface area contributed by atoms with E-state index in [9.17, 15) is 4.79 Å². The van der Waals surface area contributed by atoms with Crippen molar-refractivity contribution in [3.05, 3.63) is 64.0 Å². The molecule has 0 atom stereocenters. The Kier molecular flexibility index (Phi) is 3.99. The van der Waals surface area contributed by atoms with Crippen molar-refractivity contribution in [2.75, 3.05) is 5.32 Å². The Labute approximate surface area is 130 Å². The molecule has 5 heteroatoms. The van der Waals surface area contributed by atoms with Gasteiger partial charge in [-0.25, -0.2) is 0 Å². The van der Waals surface area contributed by atoms with Crippen LogP contribution in [0.15, 0.2) is 54.1 Å². The average molecular weight is 315 g/mol. The normalized spacial score (nSPS) is 11.1. The second-order valence-corrected chi connectivity index (χ2v) is 5.77. The summed E-state index contributed by atoms with van der Waals surface area (Å²) >= 11 is 7.58. The summed E-state index contributed by atoms with van der Waals surface area (Å²) in [5, 5.41) is 6.26. The molecule has 0 bridgehead atoms. The van der Waals surface area contributed by atoms with Gasteiger partial charge in [0.05, 0.1) is 11.2 Å². The van der Waals surface area contributed by atoms with Crippen molar-refractivity contribution in [2.24, 2.45) is 0 Å². The van der Waals surface area contributed by atoms with Crippen LogP contribution in [-0.2, 0) is 4.79 Å². The number of pyridine rings is 1. The highest BCUT2D eigenvalue weighted by Gasteiger charge is 2.05. The Hall–Kier alpha value is -2.17. The van der Waals surface area contributed by atoms with Gasteiger partial charge in [-0.3, -0.25) is 9.78 Å². The number of nitrogens with zero attached hydrogens (tertiary/aromatic N) is 1. The number of carbonyl (C=O) groups is 1. The fraction of sp³-hybridized carbons (Fsp3) is 0. The summed E-state index contributed by atoms with van der Waals surface area (Å²) < 4.78 is 0. The minimum Gasteiger partial charge on any atom is -0.322 e. The first-order valence-corrected chi connectivity index (χ1v) is 7.55. The van der Waals surface area contributed by atoms with Crippen molar-refractivity contribution in [1.29, 1.82) is 0 Å². The maximum Gasteiger partial charge on any atom is 0.248 e. The Bertz CT molecular complexity index is 812. The smallest absolute Gasteiger partial charge is 0.248 e. The molecule has 2 heterocycles. The van der Waals surface area contributed by atoms with Crippen LogP contribution in [-0.4, -0.2) is 10.9 Å². The van der Waals surface area contributed by atoms with E-state index in [-0.39, 0.29) is 5.91 Å². The van der Waals surface area contributed by atoms with Gasteiger partial charge >= 0.3 is 0 Å². The van der Waals surface area contributed by atoms with Gasteiger partial charge in [0.25, 0.3) is 0 Å². The summed E-state index contributed by atoms with van der Waals surface area (Å²) in [7, 11) is 0. The number of rotatable bonds is 3. The highest BCUT2D eigenvalue weighted by molar-refractivity contribution is 7.10. The highest BCUT2D eigenvalue weighted by atomic mass is 35.5. The van der Waals surface area contributed by atoms with E-state index in [4.69, 9.17) is 11.6 Å². The van der Waals surface area contributed by atoms with Gasteiger partial charge < -0.3 is 5.32 Å². The van der Waals surface area contributed by atoms with Gasteiger partial charge in [-0.1, -0.05) is 17.7 Å². The van der Waals surface area contributed by atoms with E-state index in [0.29, 0.717) is 10.7 Å². The number of fused-ring (bicyclic) bond motifs is 1. The van der Waals surface area contributed by atoms with E-state index in [2.05, 4.69) is 10.3 Å². The number of hydrogen-bond donors (Lipinski definition) is 1.